The lowest BCUT2D eigenvalue weighted by atomic mass is 9.83. The third kappa shape index (κ3) is 4.33. The van der Waals surface area contributed by atoms with Gasteiger partial charge in [-0.25, -0.2) is 0 Å². The summed E-state index contributed by atoms with van der Waals surface area (Å²) in [5, 5.41) is 7.16. The molecule has 1 unspecified atom stereocenters. The van der Waals surface area contributed by atoms with Crippen molar-refractivity contribution >= 4 is 11.8 Å². The van der Waals surface area contributed by atoms with Gasteiger partial charge in [0.15, 0.2) is 0 Å². The Kier molecular flexibility index (Phi) is 5.30. The maximum atomic E-state index is 3.58. The van der Waals surface area contributed by atoms with E-state index in [9.17, 15) is 0 Å². The third-order valence-electron chi connectivity index (χ3n) is 3.62. The zero-order chi connectivity index (χ0) is 10.3. The van der Waals surface area contributed by atoms with Gasteiger partial charge in [0, 0.05) is 24.1 Å². The van der Waals surface area contributed by atoms with Crippen molar-refractivity contribution < 1.29 is 0 Å². The largest absolute Gasteiger partial charge is 0.317 e. The number of hydrogen-bond donors (Lipinski definition) is 2. The summed E-state index contributed by atoms with van der Waals surface area (Å²) in [7, 11) is 0. The van der Waals surface area contributed by atoms with Crippen molar-refractivity contribution in [2.24, 2.45) is 5.92 Å². The van der Waals surface area contributed by atoms with Crippen molar-refractivity contribution in [3.63, 3.8) is 0 Å². The molecule has 0 aromatic rings. The lowest BCUT2D eigenvalue weighted by Gasteiger charge is -2.26. The molecule has 0 spiro atoms. The topological polar surface area (TPSA) is 24.1 Å². The normalized spacial score (nSPS) is 27.6. The highest BCUT2D eigenvalue weighted by Gasteiger charge is 2.16. The van der Waals surface area contributed by atoms with Gasteiger partial charge in [-0.05, 0) is 31.8 Å². The summed E-state index contributed by atoms with van der Waals surface area (Å²) < 4.78 is 0. The predicted molar refractivity (Wildman–Crippen MR) is 68.6 cm³/mol. The molecule has 0 aromatic carbocycles. The Morgan fingerprint density at radius 1 is 1.20 bits per heavy atom. The van der Waals surface area contributed by atoms with Crippen LogP contribution in [0, 0.1) is 5.92 Å². The molecule has 88 valence electrons. The number of nitrogens with one attached hydrogen (secondary N) is 2. The molecular weight excluding hydrogens is 204 g/mol. The van der Waals surface area contributed by atoms with E-state index >= 15 is 0 Å². The van der Waals surface area contributed by atoms with Gasteiger partial charge >= 0.3 is 0 Å². The van der Waals surface area contributed by atoms with E-state index in [-0.39, 0.29) is 0 Å². The molecule has 0 amide bonds. The first-order chi connectivity index (χ1) is 7.45. The van der Waals surface area contributed by atoms with Gasteiger partial charge in [0.25, 0.3) is 0 Å². The lowest BCUT2D eigenvalue weighted by molar-refractivity contribution is 0.291. The maximum Gasteiger partial charge on any atom is 0.0170 e. The van der Waals surface area contributed by atoms with Gasteiger partial charge in [-0.1, -0.05) is 19.3 Å². The second-order valence-electron chi connectivity index (χ2n) is 4.85. The first-order valence-electron chi connectivity index (χ1n) is 6.47. The summed E-state index contributed by atoms with van der Waals surface area (Å²) in [5.41, 5.74) is 0. The van der Waals surface area contributed by atoms with Crippen LogP contribution in [0.1, 0.15) is 32.1 Å². The molecule has 0 aromatic heterocycles. The van der Waals surface area contributed by atoms with Gasteiger partial charge in [-0.2, -0.15) is 11.8 Å². The second kappa shape index (κ2) is 6.77. The third-order valence-corrected chi connectivity index (χ3v) is 4.75. The molecule has 3 heteroatoms. The highest BCUT2D eigenvalue weighted by Crippen LogP contribution is 2.28. The first-order valence-corrected chi connectivity index (χ1v) is 7.62. The number of rotatable bonds is 6. The monoisotopic (exact) mass is 228 g/mol. The van der Waals surface area contributed by atoms with Crippen LogP contribution in [0.25, 0.3) is 0 Å². The smallest absolute Gasteiger partial charge is 0.0170 e. The molecule has 0 bridgehead atoms. The second-order valence-corrected chi connectivity index (χ2v) is 6.00. The molecule has 1 heterocycles. The van der Waals surface area contributed by atoms with Gasteiger partial charge in [0.1, 0.15) is 0 Å². The van der Waals surface area contributed by atoms with Crippen LogP contribution in [-0.2, 0) is 0 Å². The molecule has 2 nitrogen and oxygen atoms in total. The van der Waals surface area contributed by atoms with E-state index < -0.39 is 0 Å². The van der Waals surface area contributed by atoms with Crippen LogP contribution >= 0.6 is 11.8 Å². The lowest BCUT2D eigenvalue weighted by Crippen LogP contribution is -2.39. The molecule has 1 atom stereocenters. The van der Waals surface area contributed by atoms with Crippen molar-refractivity contribution in [2.75, 3.05) is 31.1 Å². The molecule has 15 heavy (non-hydrogen) atoms. The van der Waals surface area contributed by atoms with Gasteiger partial charge in [0.05, 0.1) is 0 Å². The van der Waals surface area contributed by atoms with Crippen LogP contribution in [-0.4, -0.2) is 37.2 Å². The zero-order valence-electron chi connectivity index (χ0n) is 9.63. The summed E-state index contributed by atoms with van der Waals surface area (Å²) in [6.45, 7) is 3.65. The number of hydrogen-bond acceptors (Lipinski definition) is 3. The zero-order valence-corrected chi connectivity index (χ0v) is 10.5. The van der Waals surface area contributed by atoms with Gasteiger partial charge in [0.2, 0.25) is 0 Å². The molecule has 2 N–H and O–H groups in total. The Labute approximate surface area is 98.0 Å². The molecular formula is C12H24N2S. The average Bonchev–Trinajstić information content (AvgIpc) is 2.22. The van der Waals surface area contributed by atoms with Crippen LogP contribution in [0.5, 0.6) is 0 Å². The van der Waals surface area contributed by atoms with Gasteiger partial charge in [-0.15, -0.1) is 0 Å². The van der Waals surface area contributed by atoms with Crippen molar-refractivity contribution in [1.82, 2.24) is 10.6 Å². The van der Waals surface area contributed by atoms with E-state index in [0.29, 0.717) is 0 Å². The Bertz CT molecular complexity index is 165. The van der Waals surface area contributed by atoms with Gasteiger partial charge < -0.3 is 10.6 Å². The van der Waals surface area contributed by atoms with Gasteiger partial charge in [-0.3, -0.25) is 0 Å². The molecule has 1 aliphatic carbocycles. The Morgan fingerprint density at radius 2 is 2.07 bits per heavy atom. The molecule has 2 rings (SSSR count). The van der Waals surface area contributed by atoms with Crippen molar-refractivity contribution in [2.45, 2.75) is 38.1 Å². The Balaban J connectivity index is 1.40. The van der Waals surface area contributed by atoms with E-state index in [1.165, 1.54) is 63.2 Å². The summed E-state index contributed by atoms with van der Waals surface area (Å²) in [5.74, 6) is 3.66. The summed E-state index contributed by atoms with van der Waals surface area (Å²) >= 11 is 2.09. The number of thioether (sulfide) groups is 1. The van der Waals surface area contributed by atoms with Crippen molar-refractivity contribution in [3.05, 3.63) is 0 Å². The average molecular weight is 228 g/mol. The van der Waals surface area contributed by atoms with Crippen LogP contribution in [0.3, 0.4) is 0 Å². The van der Waals surface area contributed by atoms with E-state index in [1.807, 2.05) is 0 Å². The molecule has 2 fully saturated rings. The minimum Gasteiger partial charge on any atom is -0.317 e. The Hall–Kier alpha value is 0.270. The van der Waals surface area contributed by atoms with Crippen molar-refractivity contribution in [1.29, 1.82) is 0 Å². The molecule has 0 radical (unpaired) electrons. The summed E-state index contributed by atoms with van der Waals surface area (Å²) in [4.78, 5) is 0. The van der Waals surface area contributed by atoms with Crippen LogP contribution in [0.4, 0.5) is 0 Å². The predicted octanol–water partition coefficient (Wildman–Crippen LogP) is 1.86. The van der Waals surface area contributed by atoms with Crippen molar-refractivity contribution in [3.8, 4) is 0 Å². The minimum absolute atomic E-state index is 0.764. The maximum absolute atomic E-state index is 3.58. The summed E-state index contributed by atoms with van der Waals surface area (Å²) in [6.07, 6.45) is 7.17. The minimum atomic E-state index is 0.764. The fraction of sp³-hybridized carbons (Fsp3) is 1.00. The molecule has 2 aliphatic rings. The van der Waals surface area contributed by atoms with E-state index in [1.54, 1.807) is 0 Å². The van der Waals surface area contributed by atoms with Crippen LogP contribution in [0.15, 0.2) is 0 Å². The standard InChI is InChI=1S/C12H24N2S/c1-2-11(3-1)4-6-13-7-5-12-10-15-9-8-14-12/h11-14H,1-10H2. The van der Waals surface area contributed by atoms with E-state index in [4.69, 9.17) is 0 Å². The first kappa shape index (κ1) is 11.7. The fourth-order valence-electron chi connectivity index (χ4n) is 2.29. The van der Waals surface area contributed by atoms with Crippen LogP contribution in [0.2, 0.25) is 0 Å². The molecule has 1 saturated heterocycles. The molecule has 1 aliphatic heterocycles. The highest BCUT2D eigenvalue weighted by molar-refractivity contribution is 7.99. The quantitative estimate of drug-likeness (QED) is 0.679. The van der Waals surface area contributed by atoms with Crippen LogP contribution < -0.4 is 10.6 Å². The SMILES string of the molecule is C1CC(CCNCCC2CSCCN2)C1. The van der Waals surface area contributed by atoms with E-state index in [2.05, 4.69) is 22.4 Å². The summed E-state index contributed by atoms with van der Waals surface area (Å²) in [6, 6.07) is 0.764. The molecule has 1 saturated carbocycles. The highest BCUT2D eigenvalue weighted by atomic mass is 32.2. The Morgan fingerprint density at radius 3 is 2.73 bits per heavy atom. The van der Waals surface area contributed by atoms with E-state index in [0.717, 1.165) is 12.0 Å². The fourth-order valence-corrected chi connectivity index (χ4v) is 3.29.